The quantitative estimate of drug-likeness (QED) is 0.477. The van der Waals surface area contributed by atoms with Crippen LogP contribution in [0.25, 0.3) is 33.5 Å². The molecule has 1 aliphatic heterocycles. The average molecular weight is 431 g/mol. The predicted octanol–water partition coefficient (Wildman–Crippen LogP) is 4.00. The topological polar surface area (TPSA) is 97.8 Å². The molecule has 3 aromatic heterocycles. The van der Waals surface area contributed by atoms with E-state index >= 15 is 0 Å². The maximum Gasteiger partial charge on any atom is 0.233 e. The van der Waals surface area contributed by atoms with Crippen molar-refractivity contribution in [3.63, 3.8) is 0 Å². The minimum Gasteiger partial charge on any atom is -0.475 e. The van der Waals surface area contributed by atoms with Gasteiger partial charge in [-0.2, -0.15) is 5.10 Å². The lowest BCUT2D eigenvalue weighted by atomic mass is 10.1. The number of nitrogens with one attached hydrogen (secondary N) is 2. The number of hydrogen-bond acceptors (Lipinski definition) is 7. The van der Waals surface area contributed by atoms with Crippen LogP contribution in [-0.2, 0) is 0 Å². The monoisotopic (exact) mass is 430 g/mol. The smallest absolute Gasteiger partial charge is 0.233 e. The molecule has 2 N–H and O–H groups in total. The number of fused-ring (bicyclic) bond motifs is 1. The van der Waals surface area contributed by atoms with Crippen molar-refractivity contribution >= 4 is 10.9 Å². The molecule has 0 radical (unpaired) electrons. The van der Waals surface area contributed by atoms with Gasteiger partial charge in [0.05, 0.1) is 29.7 Å². The number of hydrogen-bond donors (Lipinski definition) is 2. The number of rotatable bonds is 6. The molecule has 0 aliphatic carbocycles. The second-order valence-corrected chi connectivity index (χ2v) is 8.19. The van der Waals surface area contributed by atoms with Crippen molar-refractivity contribution in [1.29, 1.82) is 0 Å². The summed E-state index contributed by atoms with van der Waals surface area (Å²) in [6, 6.07) is 11.9. The Kier molecular flexibility index (Phi) is 5.68. The van der Waals surface area contributed by atoms with Crippen LogP contribution in [0.1, 0.15) is 26.7 Å². The number of aromatic amines is 1. The summed E-state index contributed by atoms with van der Waals surface area (Å²) < 4.78 is 11.8. The van der Waals surface area contributed by atoms with Gasteiger partial charge < -0.3 is 14.8 Å². The molecule has 32 heavy (non-hydrogen) atoms. The normalized spacial score (nSPS) is 16.4. The molecule has 1 aliphatic rings. The molecule has 164 valence electrons. The van der Waals surface area contributed by atoms with E-state index in [1.165, 1.54) is 0 Å². The van der Waals surface area contributed by atoms with Gasteiger partial charge in [0.2, 0.25) is 11.8 Å². The third kappa shape index (κ3) is 4.40. The summed E-state index contributed by atoms with van der Waals surface area (Å²) in [6.45, 7) is 5.84. The fourth-order valence-corrected chi connectivity index (χ4v) is 3.86. The molecule has 8 heteroatoms. The second-order valence-electron chi connectivity index (χ2n) is 8.19. The van der Waals surface area contributed by atoms with Crippen LogP contribution in [-0.4, -0.2) is 50.4 Å². The van der Waals surface area contributed by atoms with Crippen LogP contribution in [0.15, 0.2) is 48.8 Å². The van der Waals surface area contributed by atoms with Crippen LogP contribution < -0.4 is 14.8 Å². The Morgan fingerprint density at radius 2 is 1.94 bits per heavy atom. The van der Waals surface area contributed by atoms with Crippen molar-refractivity contribution in [3.05, 3.63) is 48.8 Å². The number of piperidine rings is 1. The molecule has 4 aromatic rings. The van der Waals surface area contributed by atoms with Gasteiger partial charge in [0.25, 0.3) is 0 Å². The first-order chi connectivity index (χ1) is 15.7. The lowest BCUT2D eigenvalue weighted by Gasteiger charge is -2.23. The zero-order chi connectivity index (χ0) is 21.9. The minimum atomic E-state index is 0.0677. The molecule has 0 unspecified atom stereocenters. The lowest BCUT2D eigenvalue weighted by molar-refractivity contribution is 0.160. The highest BCUT2D eigenvalue weighted by molar-refractivity contribution is 5.94. The van der Waals surface area contributed by atoms with E-state index in [2.05, 4.69) is 36.5 Å². The summed E-state index contributed by atoms with van der Waals surface area (Å²) in [5.74, 6) is 1.13. The van der Waals surface area contributed by atoms with Gasteiger partial charge in [0.15, 0.2) is 0 Å². The molecule has 4 heterocycles. The Hall–Kier alpha value is -3.52. The lowest BCUT2D eigenvalue weighted by Crippen LogP contribution is -2.37. The number of ether oxygens (including phenoxy) is 2. The molecule has 5 rings (SSSR count). The van der Waals surface area contributed by atoms with Gasteiger partial charge in [-0.1, -0.05) is 12.1 Å². The molecule has 1 saturated heterocycles. The van der Waals surface area contributed by atoms with Gasteiger partial charge in [-0.05, 0) is 51.4 Å². The van der Waals surface area contributed by atoms with Crippen LogP contribution in [0.2, 0.25) is 0 Å². The molecule has 0 bridgehead atoms. The number of pyridine rings is 1. The predicted molar refractivity (Wildman–Crippen MR) is 123 cm³/mol. The Bertz CT molecular complexity index is 1220. The van der Waals surface area contributed by atoms with E-state index in [4.69, 9.17) is 9.47 Å². The highest BCUT2D eigenvalue weighted by Gasteiger charge is 2.17. The van der Waals surface area contributed by atoms with Crippen LogP contribution in [0.3, 0.4) is 0 Å². The van der Waals surface area contributed by atoms with Gasteiger partial charge in [0, 0.05) is 23.6 Å². The summed E-state index contributed by atoms with van der Waals surface area (Å²) in [4.78, 5) is 13.7. The van der Waals surface area contributed by atoms with Gasteiger partial charge >= 0.3 is 0 Å². The summed E-state index contributed by atoms with van der Waals surface area (Å²) >= 11 is 0. The van der Waals surface area contributed by atoms with E-state index in [0.717, 1.165) is 53.8 Å². The molecule has 0 amide bonds. The molecule has 8 nitrogen and oxygen atoms in total. The summed E-state index contributed by atoms with van der Waals surface area (Å²) in [6.07, 6.45) is 5.66. The first-order valence-corrected chi connectivity index (χ1v) is 11.0. The molecule has 0 saturated carbocycles. The third-order valence-corrected chi connectivity index (χ3v) is 5.33. The van der Waals surface area contributed by atoms with E-state index in [-0.39, 0.29) is 12.2 Å². The Balaban J connectivity index is 1.46. The van der Waals surface area contributed by atoms with Gasteiger partial charge in [0.1, 0.15) is 17.5 Å². The Labute approximate surface area is 186 Å². The average Bonchev–Trinajstić information content (AvgIpc) is 3.23. The second kappa shape index (κ2) is 8.92. The van der Waals surface area contributed by atoms with Crippen LogP contribution in [0.5, 0.6) is 11.8 Å². The molecule has 1 atom stereocenters. The third-order valence-electron chi connectivity index (χ3n) is 5.33. The fourth-order valence-electron chi connectivity index (χ4n) is 3.86. The fraction of sp³-hybridized carbons (Fsp3) is 0.333. The van der Waals surface area contributed by atoms with Crippen molar-refractivity contribution in [2.24, 2.45) is 0 Å². The number of aromatic nitrogens is 5. The number of H-pyrrole nitrogens is 1. The van der Waals surface area contributed by atoms with E-state index in [0.29, 0.717) is 17.5 Å². The highest BCUT2D eigenvalue weighted by atomic mass is 16.5. The first-order valence-electron chi connectivity index (χ1n) is 11.0. The van der Waals surface area contributed by atoms with E-state index < -0.39 is 0 Å². The molecule has 1 aromatic carbocycles. The largest absolute Gasteiger partial charge is 0.475 e. The highest BCUT2D eigenvalue weighted by Crippen LogP contribution is 2.30. The molecular formula is C24H26N6O2. The standard InChI is InChI=1S/C24H26N6O2/c1-15(2)31-22-7-3-6-19(27-22)16-8-9-20-18(11-16)24(30-29-20)21-13-26-14-23(28-21)32-17-5-4-10-25-12-17/h3,6-9,11,13-15,17,25H,4-5,10,12H2,1-2H3,(H,29,30)/t17-/m1/s1. The molecule has 1 fully saturated rings. The number of nitrogens with zero attached hydrogens (tertiary/aromatic N) is 4. The van der Waals surface area contributed by atoms with Crippen LogP contribution in [0, 0.1) is 0 Å². The van der Waals surface area contributed by atoms with Gasteiger partial charge in [-0.3, -0.25) is 10.1 Å². The Morgan fingerprint density at radius 3 is 2.78 bits per heavy atom. The zero-order valence-corrected chi connectivity index (χ0v) is 18.2. The van der Waals surface area contributed by atoms with E-state index in [9.17, 15) is 0 Å². The van der Waals surface area contributed by atoms with Crippen molar-refractivity contribution in [3.8, 4) is 34.4 Å². The number of benzene rings is 1. The van der Waals surface area contributed by atoms with Crippen molar-refractivity contribution in [2.75, 3.05) is 13.1 Å². The molecule has 0 spiro atoms. The van der Waals surface area contributed by atoms with Gasteiger partial charge in [-0.25, -0.2) is 9.97 Å². The summed E-state index contributed by atoms with van der Waals surface area (Å²) in [5.41, 5.74) is 4.13. The SMILES string of the molecule is CC(C)Oc1cccc(-c2ccc3[nH]nc(-c4cncc(O[C@@H]5CCCNC5)n4)c3c2)n1. The Morgan fingerprint density at radius 1 is 1.03 bits per heavy atom. The maximum atomic E-state index is 6.05. The van der Waals surface area contributed by atoms with Crippen molar-refractivity contribution in [2.45, 2.75) is 38.9 Å². The van der Waals surface area contributed by atoms with Crippen molar-refractivity contribution < 1.29 is 9.47 Å². The summed E-state index contributed by atoms with van der Waals surface area (Å²) in [5, 5.41) is 11.9. The summed E-state index contributed by atoms with van der Waals surface area (Å²) in [7, 11) is 0. The van der Waals surface area contributed by atoms with Gasteiger partial charge in [-0.15, -0.1) is 0 Å². The first kappa shape index (κ1) is 20.4. The van der Waals surface area contributed by atoms with Crippen LogP contribution >= 0.6 is 0 Å². The van der Waals surface area contributed by atoms with E-state index in [1.807, 2.05) is 44.2 Å². The minimum absolute atomic E-state index is 0.0677. The maximum absolute atomic E-state index is 6.05. The van der Waals surface area contributed by atoms with E-state index in [1.54, 1.807) is 12.4 Å². The zero-order valence-electron chi connectivity index (χ0n) is 18.2. The van der Waals surface area contributed by atoms with Crippen LogP contribution in [0.4, 0.5) is 0 Å². The molecular weight excluding hydrogens is 404 g/mol. The van der Waals surface area contributed by atoms with Crippen molar-refractivity contribution in [1.82, 2.24) is 30.5 Å².